The van der Waals surface area contributed by atoms with Gasteiger partial charge in [-0.2, -0.15) is 0 Å². The van der Waals surface area contributed by atoms with Crippen LogP contribution in [0.5, 0.6) is 0 Å². The van der Waals surface area contributed by atoms with Crippen LogP contribution in [0.3, 0.4) is 0 Å². The first-order valence-electron chi connectivity index (χ1n) is 4.42. The van der Waals surface area contributed by atoms with Crippen molar-refractivity contribution in [1.82, 2.24) is 5.27 Å². The summed E-state index contributed by atoms with van der Waals surface area (Å²) in [5.41, 5.74) is 0.853. The van der Waals surface area contributed by atoms with Gasteiger partial charge in [0.05, 0.1) is 0 Å². The van der Waals surface area contributed by atoms with Crippen LogP contribution in [-0.2, 0) is 0 Å². The van der Waals surface area contributed by atoms with Crippen LogP contribution in [-0.4, -0.2) is 11.2 Å². The molecule has 0 unspecified atom stereocenters. The molecule has 0 aliphatic heterocycles. The number of para-hydroxylation sites is 1. The number of hydrogen-bond acceptors (Lipinski definition) is 4. The Morgan fingerprint density at radius 3 is 2.80 bits per heavy atom. The average molecular weight is 203 g/mol. The molecule has 76 valence electrons. The molecule has 0 aliphatic carbocycles. The summed E-state index contributed by atoms with van der Waals surface area (Å²) in [6.07, 6.45) is 1.55. The van der Waals surface area contributed by atoms with Crippen molar-refractivity contribution in [2.75, 3.05) is 0 Å². The van der Waals surface area contributed by atoms with Gasteiger partial charge in [-0.25, -0.2) is 4.99 Å². The Morgan fingerprint density at radius 1 is 1.40 bits per heavy atom. The van der Waals surface area contributed by atoms with Gasteiger partial charge in [0, 0.05) is 12.1 Å². The smallest absolute Gasteiger partial charge is 0.320 e. The van der Waals surface area contributed by atoms with Crippen molar-refractivity contribution in [3.8, 4) is 5.69 Å². The van der Waals surface area contributed by atoms with E-state index in [2.05, 4.69) is 10.3 Å². The Balaban J connectivity index is 2.32. The van der Waals surface area contributed by atoms with Gasteiger partial charge >= 0.3 is 5.88 Å². The van der Waals surface area contributed by atoms with Gasteiger partial charge in [-0.15, -0.1) is 0 Å². The molecule has 1 aromatic carbocycles. The number of aliphatic imine (C=N–C) groups is 1. The van der Waals surface area contributed by atoms with E-state index in [1.165, 1.54) is 11.6 Å². The van der Waals surface area contributed by atoms with Gasteiger partial charge in [0.1, 0.15) is 0 Å². The van der Waals surface area contributed by atoms with E-state index in [9.17, 15) is 5.11 Å². The minimum Gasteiger partial charge on any atom is -0.862 e. The number of benzene rings is 1. The molecule has 2 aromatic rings. The summed E-state index contributed by atoms with van der Waals surface area (Å²) in [4.78, 5) is 3.62. The number of rotatable bonds is 2. The Kier molecular flexibility index (Phi) is 2.45. The number of aromatic nitrogens is 2. The highest BCUT2D eigenvalue weighted by atomic mass is 16.5. The zero-order chi connectivity index (χ0) is 10.7. The van der Waals surface area contributed by atoms with E-state index >= 15 is 0 Å². The van der Waals surface area contributed by atoms with Gasteiger partial charge in [0.25, 0.3) is 6.20 Å². The van der Waals surface area contributed by atoms with E-state index in [1.807, 2.05) is 30.3 Å². The number of nitrogens with zero attached hydrogens (tertiary/aromatic N) is 3. The molecule has 0 atom stereocenters. The Bertz CT molecular complexity index is 472. The molecule has 0 radical (unpaired) electrons. The molecule has 5 heteroatoms. The lowest BCUT2D eigenvalue weighted by molar-refractivity contribution is -0.670. The third-order valence-corrected chi connectivity index (χ3v) is 1.74. The summed E-state index contributed by atoms with van der Waals surface area (Å²) in [5.74, 6) is -0.113. The van der Waals surface area contributed by atoms with Crippen LogP contribution in [0.15, 0.2) is 46.0 Å². The topological polar surface area (TPSA) is 65.3 Å². The second kappa shape index (κ2) is 3.91. The molecule has 15 heavy (non-hydrogen) atoms. The molecule has 0 spiro atoms. The highest BCUT2D eigenvalue weighted by Gasteiger charge is 2.12. The molecular weight excluding hydrogens is 194 g/mol. The zero-order valence-electron chi connectivity index (χ0n) is 8.12. The molecule has 0 bridgehead atoms. The van der Waals surface area contributed by atoms with Gasteiger partial charge in [0.2, 0.25) is 11.0 Å². The van der Waals surface area contributed by atoms with Crippen molar-refractivity contribution in [3.05, 3.63) is 36.5 Å². The summed E-state index contributed by atoms with van der Waals surface area (Å²) in [6.45, 7) is 1.36. The van der Waals surface area contributed by atoms with Gasteiger partial charge in [-0.3, -0.25) is 4.52 Å². The molecular formula is C10H9N3O2. The fraction of sp³-hybridized carbons (Fsp3) is 0.100. The first-order chi connectivity index (χ1) is 7.25. The van der Waals surface area contributed by atoms with Crippen LogP contribution in [0.1, 0.15) is 6.92 Å². The van der Waals surface area contributed by atoms with Crippen LogP contribution in [0.25, 0.3) is 5.69 Å². The van der Waals surface area contributed by atoms with E-state index in [4.69, 9.17) is 4.52 Å². The molecule has 0 amide bonds. The Morgan fingerprint density at radius 2 is 2.13 bits per heavy atom. The third kappa shape index (κ3) is 2.19. The summed E-state index contributed by atoms with van der Waals surface area (Å²) >= 11 is 0. The SMILES string of the molecule is C/C([O-])=N\c1c[n+](-c2ccccc2)no1. The largest absolute Gasteiger partial charge is 0.862 e. The van der Waals surface area contributed by atoms with E-state index in [0.29, 0.717) is 0 Å². The monoisotopic (exact) mass is 203 g/mol. The summed E-state index contributed by atoms with van der Waals surface area (Å²) in [7, 11) is 0. The normalized spacial score (nSPS) is 11.7. The molecule has 0 N–H and O–H groups in total. The Hall–Kier alpha value is -2.17. The van der Waals surface area contributed by atoms with Crippen LogP contribution in [0.2, 0.25) is 0 Å². The quantitative estimate of drug-likeness (QED) is 0.402. The van der Waals surface area contributed by atoms with E-state index < -0.39 is 0 Å². The minimum atomic E-state index is -0.314. The second-order valence-electron chi connectivity index (χ2n) is 2.95. The molecule has 2 rings (SSSR count). The van der Waals surface area contributed by atoms with E-state index in [0.717, 1.165) is 5.69 Å². The van der Waals surface area contributed by atoms with Crippen molar-refractivity contribution < 1.29 is 14.3 Å². The third-order valence-electron chi connectivity index (χ3n) is 1.74. The predicted octanol–water partition coefficient (Wildman–Crippen LogP) is 0.362. The highest BCUT2D eigenvalue weighted by molar-refractivity contribution is 5.70. The molecule has 0 aliphatic rings. The van der Waals surface area contributed by atoms with Crippen LogP contribution >= 0.6 is 0 Å². The molecule has 0 saturated heterocycles. The van der Waals surface area contributed by atoms with Crippen molar-refractivity contribution in [3.63, 3.8) is 0 Å². The summed E-state index contributed by atoms with van der Waals surface area (Å²) in [5, 5.41) is 14.4. The molecule has 0 fully saturated rings. The van der Waals surface area contributed by atoms with Crippen LogP contribution in [0.4, 0.5) is 5.88 Å². The molecule has 0 saturated carbocycles. The summed E-state index contributed by atoms with van der Waals surface area (Å²) in [6, 6.07) is 9.43. The lowest BCUT2D eigenvalue weighted by Gasteiger charge is -1.95. The van der Waals surface area contributed by atoms with Crippen molar-refractivity contribution in [2.45, 2.75) is 6.92 Å². The fourth-order valence-corrected chi connectivity index (χ4v) is 1.14. The van der Waals surface area contributed by atoms with E-state index in [1.54, 1.807) is 6.20 Å². The first kappa shape index (κ1) is 9.39. The molecule has 1 heterocycles. The van der Waals surface area contributed by atoms with Gasteiger partial charge in [0.15, 0.2) is 0 Å². The zero-order valence-corrected chi connectivity index (χ0v) is 8.12. The van der Waals surface area contributed by atoms with Gasteiger partial charge < -0.3 is 5.11 Å². The maximum Gasteiger partial charge on any atom is 0.320 e. The van der Waals surface area contributed by atoms with Crippen LogP contribution in [0, 0.1) is 0 Å². The van der Waals surface area contributed by atoms with Crippen molar-refractivity contribution in [1.29, 1.82) is 0 Å². The lowest BCUT2D eigenvalue weighted by atomic mass is 10.3. The van der Waals surface area contributed by atoms with E-state index in [-0.39, 0.29) is 11.8 Å². The minimum absolute atomic E-state index is 0.200. The van der Waals surface area contributed by atoms with Gasteiger partial charge in [-0.1, -0.05) is 18.2 Å². The summed E-state index contributed by atoms with van der Waals surface area (Å²) < 4.78 is 6.37. The standard InChI is InChI=1S/C10H9N3O2/c1-8(14)11-10-7-13(12-15-10)9-5-3-2-4-6-9/h2-7H,1H3. The highest BCUT2D eigenvalue weighted by Crippen LogP contribution is 2.07. The maximum absolute atomic E-state index is 10.7. The maximum atomic E-state index is 10.7. The Labute approximate surface area is 86.3 Å². The first-order valence-corrected chi connectivity index (χ1v) is 4.42. The van der Waals surface area contributed by atoms with Gasteiger partial charge in [-0.05, 0) is 17.5 Å². The fourth-order valence-electron chi connectivity index (χ4n) is 1.14. The predicted molar refractivity (Wildman–Crippen MR) is 50.8 cm³/mol. The van der Waals surface area contributed by atoms with Crippen molar-refractivity contribution in [2.24, 2.45) is 4.99 Å². The van der Waals surface area contributed by atoms with Crippen molar-refractivity contribution >= 4 is 11.8 Å². The second-order valence-corrected chi connectivity index (χ2v) is 2.95. The average Bonchev–Trinajstić information content (AvgIpc) is 2.67. The number of hydrogen-bond donors (Lipinski definition) is 0. The van der Waals surface area contributed by atoms with Crippen LogP contribution < -0.4 is 9.79 Å². The lowest BCUT2D eigenvalue weighted by Crippen LogP contribution is -2.30. The molecule has 1 aromatic heterocycles. The molecule has 5 nitrogen and oxygen atoms in total.